The van der Waals surface area contributed by atoms with Crippen LogP contribution < -0.4 is 5.32 Å². The number of esters is 1. The fraction of sp³-hybridized carbons (Fsp3) is 0.571. The normalized spacial score (nSPS) is 13.8. The summed E-state index contributed by atoms with van der Waals surface area (Å²) in [5, 5.41) is 4.22. The fourth-order valence-corrected chi connectivity index (χ4v) is 3.36. The molecule has 0 spiro atoms. The zero-order chi connectivity index (χ0) is 15.0. The van der Waals surface area contributed by atoms with E-state index >= 15 is 0 Å². The van der Waals surface area contributed by atoms with Crippen molar-refractivity contribution in [2.75, 3.05) is 19.4 Å². The van der Waals surface area contributed by atoms with E-state index in [0.29, 0.717) is 6.42 Å². The minimum absolute atomic E-state index is 0.216. The first-order valence-electron chi connectivity index (χ1n) is 6.60. The van der Waals surface area contributed by atoms with Gasteiger partial charge in [-0.15, -0.1) is 11.8 Å². The smallest absolute Gasteiger partial charge is 0.325 e. The van der Waals surface area contributed by atoms with Gasteiger partial charge in [0.1, 0.15) is 10.6 Å². The summed E-state index contributed by atoms with van der Waals surface area (Å²) in [5.74, 6) is 0.574. The van der Waals surface area contributed by atoms with Crippen LogP contribution in [-0.4, -0.2) is 35.9 Å². The monoisotopic (exact) mass is 360 g/mol. The van der Waals surface area contributed by atoms with Crippen molar-refractivity contribution in [3.8, 4) is 0 Å². The van der Waals surface area contributed by atoms with Gasteiger partial charge in [-0.25, -0.2) is 4.98 Å². The van der Waals surface area contributed by atoms with Crippen LogP contribution in [0.15, 0.2) is 27.8 Å². The van der Waals surface area contributed by atoms with E-state index in [9.17, 15) is 4.79 Å². The van der Waals surface area contributed by atoms with E-state index in [4.69, 9.17) is 4.74 Å². The maximum Gasteiger partial charge on any atom is 0.325 e. The average Bonchev–Trinajstić information content (AvgIpc) is 2.46. The molecule has 20 heavy (non-hydrogen) atoms. The number of nitrogens with one attached hydrogen (secondary N) is 1. The lowest BCUT2D eigenvalue weighted by atomic mass is 9.99. The molecule has 112 valence electrons. The van der Waals surface area contributed by atoms with Crippen molar-refractivity contribution in [3.05, 3.63) is 22.8 Å². The van der Waals surface area contributed by atoms with Crippen LogP contribution >= 0.6 is 27.7 Å². The molecule has 0 aliphatic heterocycles. The quantitative estimate of drug-likeness (QED) is 0.569. The Labute approximate surface area is 133 Å². The number of carbonyl (C=O) groups is 1. The zero-order valence-electron chi connectivity index (χ0n) is 12.1. The molecule has 0 fully saturated rings. The molecule has 0 aliphatic rings. The molecule has 0 saturated heterocycles. The second kappa shape index (κ2) is 8.64. The topological polar surface area (TPSA) is 51.2 Å². The first-order valence-corrected chi connectivity index (χ1v) is 8.38. The Kier molecular flexibility index (Phi) is 7.55. The fourth-order valence-electron chi connectivity index (χ4n) is 1.72. The number of hydrogen-bond donors (Lipinski definition) is 1. The van der Waals surface area contributed by atoms with Gasteiger partial charge in [0.25, 0.3) is 0 Å². The molecule has 0 radical (unpaired) electrons. The molecule has 1 unspecified atom stereocenters. The molecule has 0 aromatic carbocycles. The van der Waals surface area contributed by atoms with Crippen molar-refractivity contribution < 1.29 is 9.53 Å². The number of ether oxygens (including phenoxy) is 1. The Bertz CT molecular complexity index is 445. The van der Waals surface area contributed by atoms with Gasteiger partial charge >= 0.3 is 5.97 Å². The van der Waals surface area contributed by atoms with E-state index in [1.165, 1.54) is 7.11 Å². The standard InChI is InChI=1S/C14H21BrN2O2S/c1-4-8-17-14(2,13(18)19-3)7-10-20-12-11(15)6-5-9-16-12/h5-6,9,17H,4,7-8,10H2,1-3H3. The van der Waals surface area contributed by atoms with E-state index in [2.05, 4.69) is 33.2 Å². The number of carbonyl (C=O) groups excluding carboxylic acids is 1. The first kappa shape index (κ1) is 17.5. The molecule has 0 amide bonds. The third-order valence-corrected chi connectivity index (χ3v) is 4.88. The number of nitrogens with zero attached hydrogens (tertiary/aromatic N) is 1. The van der Waals surface area contributed by atoms with E-state index in [0.717, 1.165) is 28.2 Å². The highest BCUT2D eigenvalue weighted by molar-refractivity contribution is 9.10. The lowest BCUT2D eigenvalue weighted by Gasteiger charge is -2.27. The van der Waals surface area contributed by atoms with Gasteiger partial charge in [0, 0.05) is 16.4 Å². The number of pyridine rings is 1. The lowest BCUT2D eigenvalue weighted by molar-refractivity contribution is -0.148. The number of halogens is 1. The summed E-state index contributed by atoms with van der Waals surface area (Å²) >= 11 is 5.10. The molecule has 1 atom stereocenters. The molecule has 1 rings (SSSR count). The second-order valence-corrected chi connectivity index (χ2v) is 6.58. The molecule has 4 nitrogen and oxygen atoms in total. The van der Waals surface area contributed by atoms with Gasteiger partial charge in [-0.05, 0) is 54.4 Å². The molecule has 0 bridgehead atoms. The molecule has 0 aliphatic carbocycles. The van der Waals surface area contributed by atoms with Crippen LogP contribution in [0.2, 0.25) is 0 Å². The van der Waals surface area contributed by atoms with Crippen LogP contribution in [0, 0.1) is 0 Å². The molecule has 1 N–H and O–H groups in total. The summed E-state index contributed by atoms with van der Waals surface area (Å²) in [6.45, 7) is 4.76. The Morgan fingerprint density at radius 2 is 2.35 bits per heavy atom. The van der Waals surface area contributed by atoms with Crippen LogP contribution in [0.5, 0.6) is 0 Å². The van der Waals surface area contributed by atoms with Crippen LogP contribution in [0.1, 0.15) is 26.7 Å². The van der Waals surface area contributed by atoms with Crippen molar-refractivity contribution >= 4 is 33.7 Å². The highest BCUT2D eigenvalue weighted by Gasteiger charge is 2.33. The SMILES string of the molecule is CCCNC(C)(CCSc1ncccc1Br)C(=O)OC. The van der Waals surface area contributed by atoms with Gasteiger partial charge in [-0.1, -0.05) is 6.92 Å². The zero-order valence-corrected chi connectivity index (χ0v) is 14.5. The number of methoxy groups -OCH3 is 1. The number of aromatic nitrogens is 1. The predicted molar refractivity (Wildman–Crippen MR) is 86.0 cm³/mol. The number of thioether (sulfide) groups is 1. The summed E-state index contributed by atoms with van der Waals surface area (Å²) in [5.41, 5.74) is -0.640. The molecule has 1 aromatic heterocycles. The van der Waals surface area contributed by atoms with Crippen LogP contribution in [0.25, 0.3) is 0 Å². The minimum Gasteiger partial charge on any atom is -0.468 e. The van der Waals surface area contributed by atoms with E-state index in [1.54, 1.807) is 18.0 Å². The molecule has 1 heterocycles. The summed E-state index contributed by atoms with van der Waals surface area (Å²) < 4.78 is 5.88. The Hall–Kier alpha value is -0.590. The van der Waals surface area contributed by atoms with Gasteiger partial charge in [-0.3, -0.25) is 4.79 Å². The lowest BCUT2D eigenvalue weighted by Crippen LogP contribution is -2.50. The Morgan fingerprint density at radius 3 is 2.95 bits per heavy atom. The van der Waals surface area contributed by atoms with Crippen molar-refractivity contribution in [3.63, 3.8) is 0 Å². The van der Waals surface area contributed by atoms with Crippen molar-refractivity contribution in [2.24, 2.45) is 0 Å². The van der Waals surface area contributed by atoms with Crippen LogP contribution in [-0.2, 0) is 9.53 Å². The predicted octanol–water partition coefficient (Wildman–Crippen LogP) is 3.26. The maximum atomic E-state index is 11.9. The summed E-state index contributed by atoms with van der Waals surface area (Å²) in [6.07, 6.45) is 3.43. The van der Waals surface area contributed by atoms with Crippen LogP contribution in [0.4, 0.5) is 0 Å². The van der Waals surface area contributed by atoms with Crippen LogP contribution in [0.3, 0.4) is 0 Å². The minimum atomic E-state index is -0.640. The first-order chi connectivity index (χ1) is 9.53. The van der Waals surface area contributed by atoms with Crippen molar-refractivity contribution in [1.82, 2.24) is 10.3 Å². The van der Waals surface area contributed by atoms with E-state index in [1.807, 2.05) is 19.1 Å². The van der Waals surface area contributed by atoms with Gasteiger partial charge in [0.05, 0.1) is 7.11 Å². The molecular weight excluding hydrogens is 340 g/mol. The summed E-state index contributed by atoms with van der Waals surface area (Å²) in [7, 11) is 1.43. The van der Waals surface area contributed by atoms with Gasteiger partial charge in [-0.2, -0.15) is 0 Å². The number of hydrogen-bond acceptors (Lipinski definition) is 5. The van der Waals surface area contributed by atoms with Crippen molar-refractivity contribution in [1.29, 1.82) is 0 Å². The summed E-state index contributed by atoms with van der Waals surface area (Å²) in [6, 6.07) is 3.85. The molecule has 6 heteroatoms. The Balaban J connectivity index is 2.58. The largest absolute Gasteiger partial charge is 0.468 e. The third-order valence-electron chi connectivity index (χ3n) is 2.97. The average molecular weight is 361 g/mol. The Morgan fingerprint density at radius 1 is 1.60 bits per heavy atom. The highest BCUT2D eigenvalue weighted by Crippen LogP contribution is 2.27. The van der Waals surface area contributed by atoms with Crippen molar-refractivity contribution in [2.45, 2.75) is 37.3 Å². The maximum absolute atomic E-state index is 11.9. The molecule has 0 saturated carbocycles. The molecular formula is C14H21BrN2O2S. The second-order valence-electron chi connectivity index (χ2n) is 4.64. The van der Waals surface area contributed by atoms with E-state index in [-0.39, 0.29) is 5.97 Å². The third kappa shape index (κ3) is 5.07. The van der Waals surface area contributed by atoms with Gasteiger partial charge in [0.2, 0.25) is 0 Å². The van der Waals surface area contributed by atoms with E-state index < -0.39 is 5.54 Å². The number of rotatable bonds is 8. The molecule has 1 aromatic rings. The van der Waals surface area contributed by atoms with Gasteiger partial charge < -0.3 is 10.1 Å². The van der Waals surface area contributed by atoms with Gasteiger partial charge in [0.15, 0.2) is 0 Å². The highest BCUT2D eigenvalue weighted by atomic mass is 79.9. The summed E-state index contributed by atoms with van der Waals surface area (Å²) in [4.78, 5) is 16.2.